The topological polar surface area (TPSA) is 21.7 Å². The number of nitrogens with zero attached hydrogens (tertiary/aromatic N) is 1. The number of hydrogen-bond acceptors (Lipinski definition) is 3. The molecule has 0 amide bonds. The van der Waals surface area contributed by atoms with Gasteiger partial charge in [-0.25, -0.2) is 0 Å². The molecule has 0 fully saturated rings. The van der Waals surface area contributed by atoms with Crippen molar-refractivity contribution in [3.8, 4) is 0 Å². The van der Waals surface area contributed by atoms with Crippen molar-refractivity contribution in [3.05, 3.63) is 0 Å². The molecule has 0 aliphatic heterocycles. The Labute approximate surface area is 107 Å². The molecule has 0 rings (SSSR count). The van der Waals surface area contributed by atoms with Crippen LogP contribution in [0.25, 0.3) is 0 Å². The summed E-state index contributed by atoms with van der Waals surface area (Å²) in [6, 6.07) is 0. The molecule has 17 heavy (non-hydrogen) atoms. The molecule has 0 spiro atoms. The first kappa shape index (κ1) is 16.9. The molecule has 0 aromatic heterocycles. The molecule has 0 heterocycles. The fourth-order valence-electron chi connectivity index (χ4n) is 1.54. The molecule has 3 heteroatoms. The Hall–Kier alpha value is -0.120. The zero-order valence-electron chi connectivity index (χ0n) is 12.2. The van der Waals surface area contributed by atoms with Crippen molar-refractivity contribution in [1.82, 2.24) is 4.90 Å². The van der Waals surface area contributed by atoms with Crippen LogP contribution in [0.1, 0.15) is 39.5 Å². The number of hydrogen-bond donors (Lipinski definition) is 0. The highest BCUT2D eigenvalue weighted by Gasteiger charge is 1.95. The van der Waals surface area contributed by atoms with Crippen LogP contribution in [0.4, 0.5) is 0 Å². The van der Waals surface area contributed by atoms with Crippen LogP contribution in [0.5, 0.6) is 0 Å². The summed E-state index contributed by atoms with van der Waals surface area (Å²) in [5, 5.41) is 0. The van der Waals surface area contributed by atoms with Crippen LogP contribution >= 0.6 is 0 Å². The lowest BCUT2D eigenvalue weighted by atomic mass is 10.1. The van der Waals surface area contributed by atoms with Crippen molar-refractivity contribution in [3.63, 3.8) is 0 Å². The molecular formula is C14H31NO2. The largest absolute Gasteiger partial charge is 0.381 e. The van der Waals surface area contributed by atoms with E-state index in [2.05, 4.69) is 32.8 Å². The maximum atomic E-state index is 5.54. The molecule has 0 saturated heterocycles. The Morgan fingerprint density at radius 3 is 1.88 bits per heavy atom. The maximum absolute atomic E-state index is 5.54. The molecule has 0 aliphatic carbocycles. The van der Waals surface area contributed by atoms with E-state index in [1.165, 1.54) is 12.8 Å². The zero-order chi connectivity index (χ0) is 12.9. The Morgan fingerprint density at radius 1 is 0.824 bits per heavy atom. The van der Waals surface area contributed by atoms with Crippen LogP contribution in [0.3, 0.4) is 0 Å². The summed E-state index contributed by atoms with van der Waals surface area (Å²) in [6.07, 6.45) is 4.58. The van der Waals surface area contributed by atoms with Gasteiger partial charge in [0.05, 0.1) is 0 Å². The van der Waals surface area contributed by atoms with E-state index < -0.39 is 0 Å². The molecule has 0 atom stereocenters. The smallest absolute Gasteiger partial charge is 0.0487 e. The lowest BCUT2D eigenvalue weighted by Gasteiger charge is -2.09. The third-order valence-corrected chi connectivity index (χ3v) is 2.54. The third-order valence-electron chi connectivity index (χ3n) is 2.54. The average molecular weight is 245 g/mol. The second-order valence-electron chi connectivity index (χ2n) is 5.27. The van der Waals surface area contributed by atoms with Gasteiger partial charge in [-0.2, -0.15) is 0 Å². The minimum Gasteiger partial charge on any atom is -0.381 e. The number of ether oxygens (including phenoxy) is 2. The quantitative estimate of drug-likeness (QED) is 0.494. The fraction of sp³-hybridized carbons (Fsp3) is 1.00. The van der Waals surface area contributed by atoms with E-state index in [-0.39, 0.29) is 0 Å². The van der Waals surface area contributed by atoms with Crippen molar-refractivity contribution in [2.75, 3.05) is 47.1 Å². The molecular weight excluding hydrogens is 214 g/mol. The van der Waals surface area contributed by atoms with Crippen LogP contribution in [0.2, 0.25) is 0 Å². The van der Waals surface area contributed by atoms with Gasteiger partial charge in [0.2, 0.25) is 0 Å². The summed E-state index contributed by atoms with van der Waals surface area (Å²) in [5.41, 5.74) is 0. The lowest BCUT2D eigenvalue weighted by Crippen LogP contribution is -2.15. The summed E-state index contributed by atoms with van der Waals surface area (Å²) in [7, 11) is 4.18. The van der Waals surface area contributed by atoms with Gasteiger partial charge in [0.15, 0.2) is 0 Å². The summed E-state index contributed by atoms with van der Waals surface area (Å²) in [5.74, 6) is 0.790. The Kier molecular flexibility index (Phi) is 12.3. The SMILES string of the molecule is CC(C)CCCOCCCOCCCN(C)C. The van der Waals surface area contributed by atoms with Crippen LogP contribution in [-0.4, -0.2) is 52.0 Å². The van der Waals surface area contributed by atoms with E-state index in [1.807, 2.05) is 0 Å². The first-order valence-electron chi connectivity index (χ1n) is 6.93. The normalized spacial score (nSPS) is 11.6. The van der Waals surface area contributed by atoms with Crippen molar-refractivity contribution < 1.29 is 9.47 Å². The molecule has 0 saturated carbocycles. The van der Waals surface area contributed by atoms with Gasteiger partial charge in [0, 0.05) is 26.4 Å². The van der Waals surface area contributed by atoms with Gasteiger partial charge < -0.3 is 14.4 Å². The molecule has 3 nitrogen and oxygen atoms in total. The van der Waals surface area contributed by atoms with Crippen LogP contribution < -0.4 is 0 Å². The van der Waals surface area contributed by atoms with Gasteiger partial charge in [-0.3, -0.25) is 0 Å². The highest BCUT2D eigenvalue weighted by molar-refractivity contribution is 4.45. The Morgan fingerprint density at radius 2 is 1.35 bits per heavy atom. The fourth-order valence-corrected chi connectivity index (χ4v) is 1.54. The van der Waals surface area contributed by atoms with Crippen molar-refractivity contribution in [1.29, 1.82) is 0 Å². The third kappa shape index (κ3) is 15.9. The van der Waals surface area contributed by atoms with Crippen LogP contribution in [-0.2, 0) is 9.47 Å². The highest BCUT2D eigenvalue weighted by atomic mass is 16.5. The van der Waals surface area contributed by atoms with Gasteiger partial charge in [-0.1, -0.05) is 13.8 Å². The molecule has 0 aromatic carbocycles. The van der Waals surface area contributed by atoms with E-state index in [0.717, 1.165) is 51.7 Å². The second-order valence-corrected chi connectivity index (χ2v) is 5.27. The van der Waals surface area contributed by atoms with Crippen LogP contribution in [0, 0.1) is 5.92 Å². The monoisotopic (exact) mass is 245 g/mol. The summed E-state index contributed by atoms with van der Waals surface area (Å²) >= 11 is 0. The number of rotatable bonds is 12. The summed E-state index contributed by atoms with van der Waals surface area (Å²) < 4.78 is 11.1. The van der Waals surface area contributed by atoms with E-state index in [9.17, 15) is 0 Å². The van der Waals surface area contributed by atoms with Crippen molar-refractivity contribution in [2.45, 2.75) is 39.5 Å². The van der Waals surface area contributed by atoms with E-state index in [4.69, 9.17) is 9.47 Å². The molecule has 0 radical (unpaired) electrons. The highest BCUT2D eigenvalue weighted by Crippen LogP contribution is 2.03. The van der Waals surface area contributed by atoms with Gasteiger partial charge >= 0.3 is 0 Å². The van der Waals surface area contributed by atoms with Gasteiger partial charge in [-0.15, -0.1) is 0 Å². The minimum absolute atomic E-state index is 0.790. The minimum atomic E-state index is 0.790. The van der Waals surface area contributed by atoms with E-state index >= 15 is 0 Å². The van der Waals surface area contributed by atoms with Crippen LogP contribution in [0.15, 0.2) is 0 Å². The Balaban J connectivity index is 2.94. The summed E-state index contributed by atoms with van der Waals surface area (Å²) in [6.45, 7) is 9.04. The predicted octanol–water partition coefficient (Wildman–Crippen LogP) is 2.80. The molecule has 0 aliphatic rings. The standard InChI is InChI=1S/C14H31NO2/c1-14(2)8-5-10-16-12-7-13-17-11-6-9-15(3)4/h14H,5-13H2,1-4H3. The molecule has 0 unspecified atom stereocenters. The predicted molar refractivity (Wildman–Crippen MR) is 73.5 cm³/mol. The molecule has 0 N–H and O–H groups in total. The van der Waals surface area contributed by atoms with Gasteiger partial charge in [0.25, 0.3) is 0 Å². The lowest BCUT2D eigenvalue weighted by molar-refractivity contribution is 0.0775. The second kappa shape index (κ2) is 12.3. The maximum Gasteiger partial charge on any atom is 0.0487 e. The molecule has 104 valence electrons. The average Bonchev–Trinajstić information content (AvgIpc) is 2.25. The van der Waals surface area contributed by atoms with Gasteiger partial charge in [-0.05, 0) is 52.2 Å². The summed E-state index contributed by atoms with van der Waals surface area (Å²) in [4.78, 5) is 2.18. The van der Waals surface area contributed by atoms with Gasteiger partial charge in [0.1, 0.15) is 0 Å². The first-order valence-corrected chi connectivity index (χ1v) is 6.93. The van der Waals surface area contributed by atoms with E-state index in [1.54, 1.807) is 0 Å². The van der Waals surface area contributed by atoms with Crippen molar-refractivity contribution in [2.24, 2.45) is 5.92 Å². The zero-order valence-corrected chi connectivity index (χ0v) is 12.2. The first-order chi connectivity index (χ1) is 8.13. The molecule has 0 aromatic rings. The van der Waals surface area contributed by atoms with E-state index in [0.29, 0.717) is 0 Å². The molecule has 0 bridgehead atoms. The van der Waals surface area contributed by atoms with Crippen molar-refractivity contribution >= 4 is 0 Å². The Bertz CT molecular complexity index is 133.